The predicted molar refractivity (Wildman–Crippen MR) is 72.8 cm³/mol. The quantitative estimate of drug-likeness (QED) is 0.567. The van der Waals surface area contributed by atoms with Gasteiger partial charge >= 0.3 is 0 Å². The van der Waals surface area contributed by atoms with E-state index in [1.165, 1.54) is 12.8 Å². The van der Waals surface area contributed by atoms with Gasteiger partial charge in [0.1, 0.15) is 5.52 Å². The van der Waals surface area contributed by atoms with Crippen molar-refractivity contribution in [3.05, 3.63) is 10.0 Å². The van der Waals surface area contributed by atoms with E-state index in [9.17, 15) is 0 Å². The number of hydrogen-bond donors (Lipinski definition) is 3. The summed E-state index contributed by atoms with van der Waals surface area (Å²) in [5.74, 6) is 0.250. The molecule has 0 atom stereocenters. The fourth-order valence-corrected chi connectivity index (χ4v) is 1.51. The van der Waals surface area contributed by atoms with E-state index in [4.69, 9.17) is 11.5 Å². The molecule has 88 valence electrons. The molecule has 0 bridgehead atoms. The number of anilines is 1. The van der Waals surface area contributed by atoms with Gasteiger partial charge in [-0.3, -0.25) is 0 Å². The van der Waals surface area contributed by atoms with Crippen LogP contribution in [0, 0.1) is 3.83 Å². The van der Waals surface area contributed by atoms with Gasteiger partial charge in [-0.2, -0.15) is 4.98 Å². The Hall–Kier alpha value is -0.960. The van der Waals surface area contributed by atoms with Crippen LogP contribution in [0.3, 0.4) is 0 Å². The van der Waals surface area contributed by atoms with Crippen LogP contribution in [0.1, 0.15) is 19.8 Å². The van der Waals surface area contributed by atoms with Gasteiger partial charge in [-0.1, -0.05) is 13.3 Å². The highest BCUT2D eigenvalue weighted by molar-refractivity contribution is 14.1. The molecule has 0 amide bonds. The zero-order chi connectivity index (χ0) is 12.0. The zero-order valence-electron chi connectivity index (χ0n) is 9.07. The van der Waals surface area contributed by atoms with Crippen molar-refractivity contribution in [3.63, 3.8) is 0 Å². The molecule has 16 heavy (non-hydrogen) atoms. The Morgan fingerprint density at radius 2 is 2.19 bits per heavy atom. The number of aromatic nitrogens is 4. The highest BCUT2D eigenvalue weighted by Gasteiger charge is 2.00. The summed E-state index contributed by atoms with van der Waals surface area (Å²) in [5.41, 5.74) is 11.9. The van der Waals surface area contributed by atoms with Crippen LogP contribution in [-0.2, 0) is 0 Å². The van der Waals surface area contributed by atoms with E-state index < -0.39 is 0 Å². The minimum absolute atomic E-state index is 0.250. The fraction of sp³-hybridized carbons (Fsp3) is 0.444. The summed E-state index contributed by atoms with van der Waals surface area (Å²) in [4.78, 5) is 14.8. The molecule has 6 nitrogen and oxygen atoms in total. The molecular weight excluding hydrogens is 319 g/mol. The van der Waals surface area contributed by atoms with Crippen molar-refractivity contribution in [1.82, 2.24) is 19.9 Å². The van der Waals surface area contributed by atoms with E-state index in [0.29, 0.717) is 5.65 Å². The van der Waals surface area contributed by atoms with Crippen LogP contribution in [0.5, 0.6) is 0 Å². The van der Waals surface area contributed by atoms with Gasteiger partial charge < -0.3 is 16.5 Å². The third-order valence-corrected chi connectivity index (χ3v) is 2.30. The first-order valence-corrected chi connectivity index (χ1v) is 6.09. The smallest absolute Gasteiger partial charge is 0.222 e. The van der Waals surface area contributed by atoms with Crippen molar-refractivity contribution in [2.75, 3.05) is 12.3 Å². The van der Waals surface area contributed by atoms with Crippen LogP contribution in [0.25, 0.3) is 11.2 Å². The molecule has 0 aromatic carbocycles. The molecule has 0 unspecified atom stereocenters. The van der Waals surface area contributed by atoms with Gasteiger partial charge in [-0.25, -0.2) is 9.97 Å². The average molecular weight is 334 g/mol. The van der Waals surface area contributed by atoms with Crippen LogP contribution in [-0.4, -0.2) is 26.5 Å². The molecule has 2 heterocycles. The van der Waals surface area contributed by atoms with Gasteiger partial charge in [0.05, 0.1) is 6.20 Å². The van der Waals surface area contributed by atoms with Gasteiger partial charge in [0.25, 0.3) is 0 Å². The Morgan fingerprint density at radius 1 is 1.44 bits per heavy atom. The maximum absolute atomic E-state index is 5.35. The first kappa shape index (κ1) is 13.1. The van der Waals surface area contributed by atoms with Gasteiger partial charge in [0, 0.05) is 0 Å². The molecule has 0 fully saturated rings. The number of H-pyrrole nitrogens is 1. The number of unbranched alkanes of at least 4 members (excludes halogenated alkanes) is 1. The number of halogens is 1. The van der Waals surface area contributed by atoms with Crippen LogP contribution in [0.4, 0.5) is 5.95 Å². The van der Waals surface area contributed by atoms with Crippen molar-refractivity contribution in [3.8, 4) is 0 Å². The van der Waals surface area contributed by atoms with Gasteiger partial charge in [-0.05, 0) is 35.6 Å². The first-order chi connectivity index (χ1) is 7.67. The lowest BCUT2D eigenvalue weighted by Gasteiger charge is -1.87. The van der Waals surface area contributed by atoms with E-state index in [0.717, 1.165) is 15.9 Å². The maximum atomic E-state index is 5.35. The van der Waals surface area contributed by atoms with Crippen LogP contribution in [0.15, 0.2) is 6.20 Å². The molecule has 0 saturated carbocycles. The zero-order valence-corrected chi connectivity index (χ0v) is 11.2. The standard InChI is InChI=1S/C5H4IN5.C4H11N/c6-4-9-2-1-8-5(7)11-3(2)10-4;1-2-3-4-5/h1H,(H3,7,8,9,10,11);2-5H2,1H3. The average Bonchev–Trinajstić information content (AvgIpc) is 2.59. The lowest BCUT2D eigenvalue weighted by atomic mass is 10.3. The monoisotopic (exact) mass is 334 g/mol. The summed E-state index contributed by atoms with van der Waals surface area (Å²) in [5, 5.41) is 0. The molecule has 2 aromatic heterocycles. The Labute approximate surface area is 107 Å². The third kappa shape index (κ3) is 3.89. The molecule has 0 saturated heterocycles. The van der Waals surface area contributed by atoms with Crippen molar-refractivity contribution in [2.45, 2.75) is 19.8 Å². The SMILES string of the molecule is CCCCN.Nc1ncc2[nH]c(I)nc2n1. The normalized spacial score (nSPS) is 9.94. The highest BCUT2D eigenvalue weighted by Crippen LogP contribution is 2.09. The molecule has 0 radical (unpaired) electrons. The summed E-state index contributed by atoms with van der Waals surface area (Å²) in [6.45, 7) is 2.98. The fourth-order valence-electron chi connectivity index (χ4n) is 0.996. The number of aromatic amines is 1. The van der Waals surface area contributed by atoms with Crippen molar-refractivity contribution in [2.24, 2.45) is 5.73 Å². The number of nitrogens with zero attached hydrogens (tertiary/aromatic N) is 3. The van der Waals surface area contributed by atoms with Gasteiger partial charge in [0.15, 0.2) is 9.48 Å². The summed E-state index contributed by atoms with van der Waals surface area (Å²) in [7, 11) is 0. The van der Waals surface area contributed by atoms with Crippen molar-refractivity contribution >= 4 is 39.7 Å². The molecule has 0 aliphatic rings. The highest BCUT2D eigenvalue weighted by atomic mass is 127. The molecule has 5 N–H and O–H groups in total. The lowest BCUT2D eigenvalue weighted by molar-refractivity contribution is 0.807. The molecule has 0 spiro atoms. The van der Waals surface area contributed by atoms with Crippen LogP contribution >= 0.6 is 22.6 Å². The summed E-state index contributed by atoms with van der Waals surface area (Å²) >= 11 is 2.07. The van der Waals surface area contributed by atoms with Gasteiger partial charge in [-0.15, -0.1) is 0 Å². The van der Waals surface area contributed by atoms with E-state index in [-0.39, 0.29) is 5.95 Å². The number of nitrogens with one attached hydrogen (secondary N) is 1. The third-order valence-electron chi connectivity index (χ3n) is 1.79. The van der Waals surface area contributed by atoms with Crippen LogP contribution < -0.4 is 11.5 Å². The minimum atomic E-state index is 0.250. The Morgan fingerprint density at radius 3 is 2.75 bits per heavy atom. The number of nitrogen functional groups attached to an aromatic ring is 1. The summed E-state index contributed by atoms with van der Waals surface area (Å²) in [6.07, 6.45) is 4.00. The topological polar surface area (TPSA) is 106 Å². The Kier molecular flexibility index (Phi) is 5.39. The number of nitrogens with two attached hydrogens (primary N) is 2. The second-order valence-corrected chi connectivity index (χ2v) is 4.16. The second kappa shape index (κ2) is 6.59. The van der Waals surface area contributed by atoms with Crippen molar-refractivity contribution in [1.29, 1.82) is 0 Å². The van der Waals surface area contributed by atoms with Gasteiger partial charge in [0.2, 0.25) is 5.95 Å². The van der Waals surface area contributed by atoms with E-state index in [2.05, 4.69) is 49.5 Å². The van der Waals surface area contributed by atoms with E-state index >= 15 is 0 Å². The molecular formula is C9H15IN6. The number of hydrogen-bond acceptors (Lipinski definition) is 5. The Bertz CT molecular complexity index is 438. The second-order valence-electron chi connectivity index (χ2n) is 3.14. The van der Waals surface area contributed by atoms with E-state index in [1.54, 1.807) is 6.20 Å². The lowest BCUT2D eigenvalue weighted by Crippen LogP contribution is -1.95. The molecule has 2 rings (SSSR count). The van der Waals surface area contributed by atoms with E-state index in [1.807, 2.05) is 0 Å². The maximum Gasteiger partial charge on any atom is 0.222 e. The summed E-state index contributed by atoms with van der Waals surface area (Å²) < 4.78 is 0.789. The number of rotatable bonds is 2. The first-order valence-electron chi connectivity index (χ1n) is 5.01. The molecule has 0 aliphatic heterocycles. The largest absolute Gasteiger partial charge is 0.368 e. The van der Waals surface area contributed by atoms with Crippen LogP contribution in [0.2, 0.25) is 0 Å². The minimum Gasteiger partial charge on any atom is -0.368 e. The Balaban J connectivity index is 0.000000221. The number of fused-ring (bicyclic) bond motifs is 1. The molecule has 0 aliphatic carbocycles. The summed E-state index contributed by atoms with van der Waals surface area (Å²) in [6, 6.07) is 0. The number of imidazole rings is 1. The van der Waals surface area contributed by atoms with Crippen molar-refractivity contribution < 1.29 is 0 Å². The molecule has 7 heteroatoms. The molecule has 2 aromatic rings. The predicted octanol–water partition coefficient (Wildman–Crippen LogP) is 1.28.